The van der Waals surface area contributed by atoms with Gasteiger partial charge in [0.1, 0.15) is 0 Å². The Bertz CT molecular complexity index is 250. The van der Waals surface area contributed by atoms with Crippen LogP contribution < -0.4 is 0 Å². The molecule has 1 aliphatic carbocycles. The molecule has 104 valence electrons. The molecular weight excluding hydrogens is 240 g/mol. The fourth-order valence-electron chi connectivity index (χ4n) is 1.74. The van der Waals surface area contributed by atoms with Gasteiger partial charge in [0, 0.05) is 25.4 Å². The van der Waals surface area contributed by atoms with Crippen LogP contribution in [0, 0.1) is 11.8 Å². The third-order valence-corrected chi connectivity index (χ3v) is 2.85. The third kappa shape index (κ3) is 8.72. The molecule has 0 aromatic carbocycles. The average Bonchev–Trinajstić information content (AvgIpc) is 2.37. The number of aliphatic carboxylic acids is 2. The van der Waals surface area contributed by atoms with E-state index in [-0.39, 0.29) is 0 Å². The molecule has 0 radical (unpaired) electrons. The van der Waals surface area contributed by atoms with Crippen molar-refractivity contribution in [1.82, 2.24) is 0 Å². The fraction of sp³-hybridized carbons (Fsp3) is 0.667. The molecule has 0 spiro atoms. The van der Waals surface area contributed by atoms with Gasteiger partial charge < -0.3 is 20.4 Å². The fourth-order valence-corrected chi connectivity index (χ4v) is 1.74. The largest absolute Gasteiger partial charge is 0.478 e. The minimum absolute atomic E-state index is 0.331. The lowest BCUT2D eigenvalue weighted by Crippen LogP contribution is -2.19. The number of carbonyl (C=O) groups is 2. The smallest absolute Gasteiger partial charge is 0.328 e. The Kier molecular flexibility index (Phi) is 8.86. The van der Waals surface area contributed by atoms with Crippen molar-refractivity contribution in [3.63, 3.8) is 0 Å². The lowest BCUT2D eigenvalue weighted by Gasteiger charge is -2.25. The van der Waals surface area contributed by atoms with Crippen molar-refractivity contribution < 1.29 is 30.0 Å². The molecule has 4 N–H and O–H groups in total. The Morgan fingerprint density at radius 3 is 1.28 bits per heavy atom. The second kappa shape index (κ2) is 9.61. The highest BCUT2D eigenvalue weighted by Gasteiger charge is 2.19. The number of hydrogen-bond acceptors (Lipinski definition) is 4. The first-order chi connectivity index (χ1) is 8.49. The Hall–Kier alpha value is -1.40. The highest BCUT2D eigenvalue weighted by molar-refractivity contribution is 5.89. The lowest BCUT2D eigenvalue weighted by atomic mass is 9.83. The number of hydrogen-bond donors (Lipinski definition) is 4. The molecule has 1 fully saturated rings. The van der Waals surface area contributed by atoms with E-state index in [4.69, 9.17) is 20.4 Å². The first-order valence-electron chi connectivity index (χ1n) is 5.85. The molecule has 1 aliphatic rings. The van der Waals surface area contributed by atoms with Crippen molar-refractivity contribution in [2.45, 2.75) is 25.7 Å². The summed E-state index contributed by atoms with van der Waals surface area (Å²) in [6.45, 7) is 0.663. The van der Waals surface area contributed by atoms with E-state index in [0.717, 1.165) is 25.7 Å². The van der Waals surface area contributed by atoms with Gasteiger partial charge in [-0.05, 0) is 37.5 Å². The maximum atomic E-state index is 9.55. The van der Waals surface area contributed by atoms with Gasteiger partial charge in [0.2, 0.25) is 0 Å². The van der Waals surface area contributed by atoms with Crippen molar-refractivity contribution in [1.29, 1.82) is 0 Å². The summed E-state index contributed by atoms with van der Waals surface area (Å²) < 4.78 is 0. The topological polar surface area (TPSA) is 115 Å². The van der Waals surface area contributed by atoms with Crippen molar-refractivity contribution >= 4 is 11.9 Å². The summed E-state index contributed by atoms with van der Waals surface area (Å²) in [4.78, 5) is 19.1. The van der Waals surface area contributed by atoms with E-state index in [1.54, 1.807) is 0 Å². The Morgan fingerprint density at radius 1 is 0.833 bits per heavy atom. The van der Waals surface area contributed by atoms with Crippen LogP contribution in [-0.2, 0) is 9.59 Å². The van der Waals surface area contributed by atoms with Gasteiger partial charge in [-0.2, -0.15) is 0 Å². The van der Waals surface area contributed by atoms with Crippen molar-refractivity contribution in [2.75, 3.05) is 13.2 Å². The quantitative estimate of drug-likeness (QED) is 0.547. The molecule has 0 bridgehead atoms. The number of carboxylic acid groups (broad SMARTS) is 2. The molecule has 6 nitrogen and oxygen atoms in total. The van der Waals surface area contributed by atoms with Crippen molar-refractivity contribution in [2.24, 2.45) is 11.8 Å². The molecule has 0 saturated heterocycles. The average molecular weight is 260 g/mol. The van der Waals surface area contributed by atoms with Crippen LogP contribution in [0.25, 0.3) is 0 Å². The summed E-state index contributed by atoms with van der Waals surface area (Å²) in [6.07, 6.45) is 5.51. The Morgan fingerprint density at radius 2 is 1.11 bits per heavy atom. The molecular formula is C12H20O6. The van der Waals surface area contributed by atoms with Crippen LogP contribution in [-0.4, -0.2) is 45.6 Å². The van der Waals surface area contributed by atoms with E-state index < -0.39 is 11.9 Å². The van der Waals surface area contributed by atoms with Crippen LogP contribution in [0.2, 0.25) is 0 Å². The van der Waals surface area contributed by atoms with Gasteiger partial charge in [-0.15, -0.1) is 0 Å². The zero-order chi connectivity index (χ0) is 14.0. The molecule has 1 saturated carbocycles. The molecule has 0 heterocycles. The molecule has 6 heteroatoms. The highest BCUT2D eigenvalue weighted by atomic mass is 16.4. The zero-order valence-corrected chi connectivity index (χ0v) is 10.2. The molecule has 0 aromatic heterocycles. The maximum Gasteiger partial charge on any atom is 0.328 e. The summed E-state index contributed by atoms with van der Waals surface area (Å²) in [6, 6.07) is 0. The van der Waals surface area contributed by atoms with E-state index in [1.165, 1.54) is 0 Å². The minimum Gasteiger partial charge on any atom is -0.478 e. The standard InChI is InChI=1S/C8H16O2.C4H4O4/c9-5-7-1-2-8(6-10)4-3-7;5-3(6)1-2-4(7)8/h7-10H,1-6H2;1-2H,(H,5,6)(H,7,8). The SMILES string of the molecule is O=C(O)C=CC(=O)O.OCC1CCC(CO)CC1. The van der Waals surface area contributed by atoms with Crippen molar-refractivity contribution in [3.05, 3.63) is 12.2 Å². The Balaban J connectivity index is 0.000000331. The molecule has 0 amide bonds. The van der Waals surface area contributed by atoms with Crippen molar-refractivity contribution in [3.8, 4) is 0 Å². The molecule has 18 heavy (non-hydrogen) atoms. The van der Waals surface area contributed by atoms with Crippen LogP contribution in [0.5, 0.6) is 0 Å². The van der Waals surface area contributed by atoms with E-state index in [2.05, 4.69) is 0 Å². The van der Waals surface area contributed by atoms with Crippen LogP contribution in [0.1, 0.15) is 25.7 Å². The molecule has 0 unspecified atom stereocenters. The minimum atomic E-state index is -1.26. The van der Waals surface area contributed by atoms with E-state index in [9.17, 15) is 9.59 Å². The van der Waals surface area contributed by atoms with Crippen LogP contribution in [0.4, 0.5) is 0 Å². The highest BCUT2D eigenvalue weighted by Crippen LogP contribution is 2.27. The number of aliphatic hydroxyl groups excluding tert-OH is 2. The molecule has 0 atom stereocenters. The zero-order valence-electron chi connectivity index (χ0n) is 10.2. The van der Waals surface area contributed by atoms with Crippen LogP contribution >= 0.6 is 0 Å². The second-order valence-electron chi connectivity index (χ2n) is 4.26. The van der Waals surface area contributed by atoms with E-state index in [0.29, 0.717) is 37.2 Å². The molecule has 1 rings (SSSR count). The van der Waals surface area contributed by atoms with Gasteiger partial charge in [-0.25, -0.2) is 9.59 Å². The summed E-state index contributed by atoms with van der Waals surface area (Å²) in [5, 5.41) is 33.2. The third-order valence-electron chi connectivity index (χ3n) is 2.85. The second-order valence-corrected chi connectivity index (χ2v) is 4.26. The van der Waals surface area contributed by atoms with Gasteiger partial charge in [-0.3, -0.25) is 0 Å². The predicted octanol–water partition coefficient (Wildman–Crippen LogP) is 0.489. The molecule has 0 aliphatic heterocycles. The summed E-state index contributed by atoms with van der Waals surface area (Å²) in [5.41, 5.74) is 0. The van der Waals surface area contributed by atoms with E-state index >= 15 is 0 Å². The monoisotopic (exact) mass is 260 g/mol. The summed E-state index contributed by atoms with van der Waals surface area (Å²) in [7, 11) is 0. The summed E-state index contributed by atoms with van der Waals surface area (Å²) >= 11 is 0. The van der Waals surface area contributed by atoms with Gasteiger partial charge in [0.15, 0.2) is 0 Å². The van der Waals surface area contributed by atoms with Gasteiger partial charge >= 0.3 is 11.9 Å². The van der Waals surface area contributed by atoms with Gasteiger partial charge in [0.25, 0.3) is 0 Å². The van der Waals surface area contributed by atoms with Gasteiger partial charge in [0.05, 0.1) is 0 Å². The van der Waals surface area contributed by atoms with Crippen LogP contribution in [0.15, 0.2) is 12.2 Å². The number of aliphatic hydroxyl groups is 2. The number of carboxylic acids is 2. The Labute approximate surface area is 106 Å². The van der Waals surface area contributed by atoms with Crippen LogP contribution in [0.3, 0.4) is 0 Å². The van der Waals surface area contributed by atoms with Gasteiger partial charge in [-0.1, -0.05) is 0 Å². The predicted molar refractivity (Wildman–Crippen MR) is 64.0 cm³/mol. The number of rotatable bonds is 4. The normalized spacial score (nSPS) is 23.2. The first-order valence-corrected chi connectivity index (χ1v) is 5.85. The first kappa shape index (κ1) is 16.6. The maximum absolute atomic E-state index is 9.55. The summed E-state index contributed by atoms with van der Waals surface area (Å²) in [5.74, 6) is -1.48. The lowest BCUT2D eigenvalue weighted by molar-refractivity contribution is -0.134. The molecule has 0 aromatic rings. The van der Waals surface area contributed by atoms with E-state index in [1.807, 2.05) is 0 Å².